The van der Waals surface area contributed by atoms with Gasteiger partial charge < -0.3 is 10.5 Å². The van der Waals surface area contributed by atoms with Crippen molar-refractivity contribution < 1.29 is 4.74 Å². The highest BCUT2D eigenvalue weighted by Gasteiger charge is 2.48. The van der Waals surface area contributed by atoms with E-state index in [-0.39, 0.29) is 0 Å². The number of hydrogen-bond donors (Lipinski definition) is 1. The highest BCUT2D eigenvalue weighted by atomic mass is 16.5. The monoisotopic (exact) mass is 261 g/mol. The lowest BCUT2D eigenvalue weighted by molar-refractivity contribution is -0.0718. The second kappa shape index (κ2) is 5.10. The van der Waals surface area contributed by atoms with Gasteiger partial charge in [0.1, 0.15) is 5.82 Å². The maximum absolute atomic E-state index is 5.73. The Hall–Kier alpha value is -1.13. The molecule has 1 saturated heterocycles. The number of hydrogen-bond acceptors (Lipinski definition) is 4. The molecule has 0 aromatic carbocycles. The summed E-state index contributed by atoms with van der Waals surface area (Å²) in [6.07, 6.45) is 6.12. The molecule has 2 heterocycles. The van der Waals surface area contributed by atoms with Gasteiger partial charge in [0.25, 0.3) is 0 Å². The van der Waals surface area contributed by atoms with E-state index in [1.807, 2.05) is 6.07 Å². The van der Waals surface area contributed by atoms with Crippen molar-refractivity contribution in [3.63, 3.8) is 0 Å². The molecule has 1 aromatic rings. The summed E-state index contributed by atoms with van der Waals surface area (Å²) in [5.41, 5.74) is 7.54. The van der Waals surface area contributed by atoms with Gasteiger partial charge in [-0.15, -0.1) is 0 Å². The first-order chi connectivity index (χ1) is 9.19. The molecule has 2 N–H and O–H groups in total. The first kappa shape index (κ1) is 12.9. The van der Waals surface area contributed by atoms with Crippen LogP contribution in [0.4, 0.5) is 5.82 Å². The van der Waals surface area contributed by atoms with E-state index in [0.717, 1.165) is 13.2 Å². The minimum atomic E-state index is 0.515. The van der Waals surface area contributed by atoms with Crippen molar-refractivity contribution in [1.82, 2.24) is 9.88 Å². The van der Waals surface area contributed by atoms with Gasteiger partial charge >= 0.3 is 0 Å². The van der Waals surface area contributed by atoms with Gasteiger partial charge in [-0.05, 0) is 55.8 Å². The molecule has 104 valence electrons. The Balaban J connectivity index is 1.53. The SMILES string of the molecule is CCOC1CC2(CCN(Cc3ccnc(N)c3)C2)C1. The molecule has 3 rings (SSSR count). The van der Waals surface area contributed by atoms with Gasteiger partial charge in [-0.25, -0.2) is 4.98 Å². The molecule has 4 nitrogen and oxygen atoms in total. The second-order valence-electron chi connectivity index (χ2n) is 6.04. The summed E-state index contributed by atoms with van der Waals surface area (Å²) in [4.78, 5) is 6.58. The number of likely N-dealkylation sites (tertiary alicyclic amines) is 1. The maximum Gasteiger partial charge on any atom is 0.123 e. The fraction of sp³-hybridized carbons (Fsp3) is 0.667. The van der Waals surface area contributed by atoms with E-state index in [9.17, 15) is 0 Å². The number of pyridine rings is 1. The van der Waals surface area contributed by atoms with Crippen LogP contribution >= 0.6 is 0 Å². The maximum atomic E-state index is 5.73. The average molecular weight is 261 g/mol. The minimum absolute atomic E-state index is 0.515. The summed E-state index contributed by atoms with van der Waals surface area (Å²) in [6, 6.07) is 4.04. The van der Waals surface area contributed by atoms with E-state index in [0.29, 0.717) is 17.3 Å². The largest absolute Gasteiger partial charge is 0.384 e. The lowest BCUT2D eigenvalue weighted by Gasteiger charge is -2.44. The first-order valence-electron chi connectivity index (χ1n) is 7.23. The third-order valence-corrected chi connectivity index (χ3v) is 4.49. The van der Waals surface area contributed by atoms with Gasteiger partial charge in [0.05, 0.1) is 6.10 Å². The van der Waals surface area contributed by atoms with E-state index >= 15 is 0 Å². The fourth-order valence-corrected chi connectivity index (χ4v) is 3.61. The standard InChI is InChI=1S/C15H23N3O/c1-2-19-13-8-15(9-13)4-6-18(11-15)10-12-3-5-17-14(16)7-12/h3,5,7,13H,2,4,6,8-11H2,1H3,(H2,16,17). The van der Waals surface area contributed by atoms with Crippen molar-refractivity contribution in [1.29, 1.82) is 0 Å². The predicted octanol–water partition coefficient (Wildman–Crippen LogP) is 2.05. The van der Waals surface area contributed by atoms with Crippen LogP contribution in [0.25, 0.3) is 0 Å². The Morgan fingerprint density at radius 2 is 2.37 bits per heavy atom. The van der Waals surface area contributed by atoms with Gasteiger partial charge in [0, 0.05) is 25.9 Å². The number of nitrogens with two attached hydrogens (primary N) is 1. The quantitative estimate of drug-likeness (QED) is 0.901. The Morgan fingerprint density at radius 3 is 3.11 bits per heavy atom. The highest BCUT2D eigenvalue weighted by molar-refractivity contribution is 5.31. The van der Waals surface area contributed by atoms with Gasteiger partial charge in [-0.3, -0.25) is 4.90 Å². The average Bonchev–Trinajstić information content (AvgIpc) is 2.73. The van der Waals surface area contributed by atoms with Crippen molar-refractivity contribution in [2.75, 3.05) is 25.4 Å². The molecule has 1 saturated carbocycles. The minimum Gasteiger partial charge on any atom is -0.384 e. The Labute approximate surface area is 115 Å². The molecule has 0 atom stereocenters. The summed E-state index contributed by atoms with van der Waals surface area (Å²) in [5, 5.41) is 0. The van der Waals surface area contributed by atoms with Gasteiger partial charge in [0.15, 0.2) is 0 Å². The summed E-state index contributed by atoms with van der Waals surface area (Å²) in [7, 11) is 0. The third-order valence-electron chi connectivity index (χ3n) is 4.49. The van der Waals surface area contributed by atoms with Crippen molar-refractivity contribution in [2.45, 2.75) is 38.8 Å². The molecular formula is C15H23N3O. The lowest BCUT2D eigenvalue weighted by atomic mass is 9.66. The van der Waals surface area contributed by atoms with Crippen LogP contribution in [0.1, 0.15) is 31.7 Å². The summed E-state index contributed by atoms with van der Waals surface area (Å²) < 4.78 is 5.69. The molecule has 0 bridgehead atoms. The van der Waals surface area contributed by atoms with Crippen LogP contribution < -0.4 is 5.73 Å². The normalized spacial score (nSPS) is 30.7. The van der Waals surface area contributed by atoms with Crippen LogP contribution in [0.3, 0.4) is 0 Å². The van der Waals surface area contributed by atoms with E-state index in [1.54, 1.807) is 6.20 Å². The molecule has 4 heteroatoms. The molecule has 0 unspecified atom stereocenters. The van der Waals surface area contributed by atoms with Crippen LogP contribution in [-0.2, 0) is 11.3 Å². The number of ether oxygens (including phenoxy) is 1. The molecular weight excluding hydrogens is 238 g/mol. The van der Waals surface area contributed by atoms with Crippen LogP contribution in [0, 0.1) is 5.41 Å². The molecule has 0 radical (unpaired) electrons. The Kier molecular flexibility index (Phi) is 3.46. The third kappa shape index (κ3) is 2.74. The molecule has 1 aliphatic carbocycles. The molecule has 19 heavy (non-hydrogen) atoms. The molecule has 2 aliphatic rings. The Bertz CT molecular complexity index is 443. The van der Waals surface area contributed by atoms with Crippen LogP contribution in [0.5, 0.6) is 0 Å². The number of nitrogen functional groups attached to an aromatic ring is 1. The molecule has 0 amide bonds. The molecule has 1 aromatic heterocycles. The van der Waals surface area contributed by atoms with Crippen LogP contribution in [0.15, 0.2) is 18.3 Å². The topological polar surface area (TPSA) is 51.4 Å². The zero-order chi connectivity index (χ0) is 13.3. The molecule has 1 spiro atoms. The van der Waals surface area contributed by atoms with Crippen LogP contribution in [0.2, 0.25) is 0 Å². The van der Waals surface area contributed by atoms with Gasteiger partial charge in [-0.1, -0.05) is 0 Å². The van der Waals surface area contributed by atoms with Crippen molar-refractivity contribution in [3.8, 4) is 0 Å². The number of anilines is 1. The summed E-state index contributed by atoms with van der Waals surface area (Å²) in [5.74, 6) is 0.617. The lowest BCUT2D eigenvalue weighted by Crippen LogP contribution is -2.44. The van der Waals surface area contributed by atoms with Crippen molar-refractivity contribution in [3.05, 3.63) is 23.9 Å². The summed E-state index contributed by atoms with van der Waals surface area (Å²) in [6.45, 7) is 6.33. The predicted molar refractivity (Wildman–Crippen MR) is 75.6 cm³/mol. The molecule has 2 fully saturated rings. The second-order valence-corrected chi connectivity index (χ2v) is 6.04. The number of rotatable bonds is 4. The first-order valence-corrected chi connectivity index (χ1v) is 7.23. The van der Waals surface area contributed by atoms with Crippen molar-refractivity contribution >= 4 is 5.82 Å². The van der Waals surface area contributed by atoms with E-state index in [2.05, 4.69) is 22.9 Å². The molecule has 1 aliphatic heterocycles. The van der Waals surface area contributed by atoms with Crippen molar-refractivity contribution in [2.24, 2.45) is 5.41 Å². The smallest absolute Gasteiger partial charge is 0.123 e. The van der Waals surface area contributed by atoms with E-state index in [1.165, 1.54) is 37.9 Å². The highest BCUT2D eigenvalue weighted by Crippen LogP contribution is 2.49. The fourth-order valence-electron chi connectivity index (χ4n) is 3.61. The number of nitrogens with zero attached hydrogens (tertiary/aromatic N) is 2. The van der Waals surface area contributed by atoms with E-state index < -0.39 is 0 Å². The van der Waals surface area contributed by atoms with E-state index in [4.69, 9.17) is 10.5 Å². The number of aromatic nitrogens is 1. The van der Waals surface area contributed by atoms with Crippen LogP contribution in [-0.4, -0.2) is 35.7 Å². The van der Waals surface area contributed by atoms with Gasteiger partial charge in [-0.2, -0.15) is 0 Å². The van der Waals surface area contributed by atoms with Gasteiger partial charge in [0.2, 0.25) is 0 Å². The zero-order valence-electron chi connectivity index (χ0n) is 11.6. The summed E-state index contributed by atoms with van der Waals surface area (Å²) >= 11 is 0. The zero-order valence-corrected chi connectivity index (χ0v) is 11.6. The Morgan fingerprint density at radius 1 is 1.53 bits per heavy atom.